The number of aromatic nitrogens is 2. The van der Waals surface area contributed by atoms with Crippen molar-refractivity contribution >= 4 is 34.1 Å². The Morgan fingerprint density at radius 2 is 2.00 bits per heavy atom. The molecule has 7 heteroatoms. The Balaban J connectivity index is 1.44. The normalized spacial score (nSPS) is 16.2. The van der Waals surface area contributed by atoms with Crippen molar-refractivity contribution in [3.63, 3.8) is 0 Å². The molecule has 7 nitrogen and oxygen atoms in total. The highest BCUT2D eigenvalue weighted by Gasteiger charge is 2.35. The zero-order chi connectivity index (χ0) is 21.1. The maximum absolute atomic E-state index is 12.7. The van der Waals surface area contributed by atoms with Gasteiger partial charge in [-0.05, 0) is 48.7 Å². The topological polar surface area (TPSA) is 95.2 Å². The van der Waals surface area contributed by atoms with Gasteiger partial charge in [0.2, 0.25) is 11.8 Å². The molecule has 0 saturated carbocycles. The fourth-order valence-electron chi connectivity index (χ4n) is 3.75. The lowest BCUT2D eigenvalue weighted by Gasteiger charge is -2.17. The van der Waals surface area contributed by atoms with E-state index in [0.717, 1.165) is 24.9 Å². The summed E-state index contributed by atoms with van der Waals surface area (Å²) in [5.74, 6) is -0.735. The number of H-pyrrole nitrogens is 1. The molecule has 1 aliphatic rings. The van der Waals surface area contributed by atoms with Crippen molar-refractivity contribution in [1.29, 1.82) is 0 Å². The van der Waals surface area contributed by atoms with Crippen LogP contribution in [0.5, 0.6) is 0 Å². The van der Waals surface area contributed by atoms with Gasteiger partial charge in [-0.25, -0.2) is 4.98 Å². The number of hydrogen-bond donors (Lipinski definition) is 2. The number of anilines is 2. The van der Waals surface area contributed by atoms with Gasteiger partial charge in [0.05, 0.1) is 23.1 Å². The second-order valence-electron chi connectivity index (χ2n) is 7.63. The van der Waals surface area contributed by atoms with Crippen LogP contribution in [0.4, 0.5) is 11.4 Å². The minimum atomic E-state index is -0.444. The van der Waals surface area contributed by atoms with Crippen molar-refractivity contribution in [2.75, 3.05) is 16.8 Å². The van der Waals surface area contributed by atoms with Crippen molar-refractivity contribution in [3.8, 4) is 0 Å². The zero-order valence-electron chi connectivity index (χ0n) is 16.9. The standard InChI is InChI=1S/C23H24N4O3/c1-2-3-4-15-5-8-18(9-6-15)27-13-16(11-21(27)28)22(29)26-17-7-10-20-19(12-17)23(30)25-14-24-20/h5-10,12,14,16H,2-4,11,13H2,1H3,(H,26,29)(H,24,25,30). The lowest BCUT2D eigenvalue weighted by molar-refractivity contribution is -0.122. The van der Waals surface area contributed by atoms with Gasteiger partial charge < -0.3 is 15.2 Å². The number of aromatic amines is 1. The van der Waals surface area contributed by atoms with Crippen molar-refractivity contribution in [2.45, 2.75) is 32.6 Å². The Labute approximate surface area is 174 Å². The Kier molecular flexibility index (Phi) is 5.61. The first-order valence-electron chi connectivity index (χ1n) is 10.2. The first kappa shape index (κ1) is 19.8. The first-order chi connectivity index (χ1) is 14.5. The van der Waals surface area contributed by atoms with Crippen molar-refractivity contribution < 1.29 is 9.59 Å². The van der Waals surface area contributed by atoms with Crippen LogP contribution in [0.15, 0.2) is 53.6 Å². The molecule has 1 saturated heterocycles. The molecule has 0 radical (unpaired) electrons. The highest BCUT2D eigenvalue weighted by atomic mass is 16.2. The monoisotopic (exact) mass is 404 g/mol. The summed E-state index contributed by atoms with van der Waals surface area (Å²) in [5.41, 5.74) is 2.88. The molecule has 1 atom stereocenters. The molecule has 2 amide bonds. The number of aryl methyl sites for hydroxylation is 1. The number of nitrogens with one attached hydrogen (secondary N) is 2. The van der Waals surface area contributed by atoms with Crippen LogP contribution in [0.25, 0.3) is 10.9 Å². The summed E-state index contributed by atoms with van der Waals surface area (Å²) in [6.45, 7) is 2.50. The SMILES string of the molecule is CCCCc1ccc(N2CC(C(=O)Nc3ccc4nc[nH]c(=O)c4c3)CC2=O)cc1. The quantitative estimate of drug-likeness (QED) is 0.659. The molecule has 1 aliphatic heterocycles. The van der Waals surface area contributed by atoms with E-state index in [-0.39, 0.29) is 23.8 Å². The molecule has 30 heavy (non-hydrogen) atoms. The number of hydrogen-bond acceptors (Lipinski definition) is 4. The van der Waals surface area contributed by atoms with E-state index in [2.05, 4.69) is 22.2 Å². The van der Waals surface area contributed by atoms with Gasteiger partial charge in [-0.1, -0.05) is 25.5 Å². The Hall–Kier alpha value is -3.48. The van der Waals surface area contributed by atoms with Gasteiger partial charge in [0.25, 0.3) is 5.56 Å². The number of carbonyl (C=O) groups excluding carboxylic acids is 2. The zero-order valence-corrected chi connectivity index (χ0v) is 16.9. The molecule has 0 bridgehead atoms. The largest absolute Gasteiger partial charge is 0.326 e. The first-order valence-corrected chi connectivity index (χ1v) is 10.2. The van der Waals surface area contributed by atoms with E-state index in [0.29, 0.717) is 23.1 Å². The predicted molar refractivity (Wildman–Crippen MR) is 117 cm³/mol. The predicted octanol–water partition coefficient (Wildman–Crippen LogP) is 3.26. The number of rotatable bonds is 6. The van der Waals surface area contributed by atoms with E-state index in [4.69, 9.17) is 0 Å². The smallest absolute Gasteiger partial charge is 0.258 e. The molecule has 1 unspecified atom stereocenters. The molecule has 4 rings (SSSR count). The van der Waals surface area contributed by atoms with Crippen LogP contribution in [0.2, 0.25) is 0 Å². The van der Waals surface area contributed by atoms with Gasteiger partial charge in [-0.2, -0.15) is 0 Å². The Bertz CT molecular complexity index is 1140. The van der Waals surface area contributed by atoms with E-state index in [1.807, 2.05) is 24.3 Å². The summed E-state index contributed by atoms with van der Waals surface area (Å²) in [5, 5.41) is 3.23. The van der Waals surface area contributed by atoms with Crippen LogP contribution in [0, 0.1) is 5.92 Å². The van der Waals surface area contributed by atoms with Crippen LogP contribution >= 0.6 is 0 Å². The molecule has 1 aromatic heterocycles. The third-order valence-corrected chi connectivity index (χ3v) is 5.47. The molecule has 154 valence electrons. The van der Waals surface area contributed by atoms with E-state index < -0.39 is 5.92 Å². The molecule has 2 N–H and O–H groups in total. The van der Waals surface area contributed by atoms with Gasteiger partial charge in [0, 0.05) is 24.3 Å². The lowest BCUT2D eigenvalue weighted by atomic mass is 10.1. The summed E-state index contributed by atoms with van der Waals surface area (Å²) in [6.07, 6.45) is 4.82. The summed E-state index contributed by atoms with van der Waals surface area (Å²) in [4.78, 5) is 45.5. The summed E-state index contributed by atoms with van der Waals surface area (Å²) < 4.78 is 0. The number of nitrogens with zero attached hydrogens (tertiary/aromatic N) is 2. The maximum Gasteiger partial charge on any atom is 0.258 e. The van der Waals surface area contributed by atoms with E-state index in [1.54, 1.807) is 23.1 Å². The van der Waals surface area contributed by atoms with E-state index in [1.165, 1.54) is 11.9 Å². The third-order valence-electron chi connectivity index (χ3n) is 5.47. The third kappa shape index (κ3) is 4.10. The van der Waals surface area contributed by atoms with Crippen LogP contribution in [0.3, 0.4) is 0 Å². The van der Waals surface area contributed by atoms with Crippen molar-refractivity contribution in [3.05, 3.63) is 64.7 Å². The van der Waals surface area contributed by atoms with Gasteiger partial charge in [-0.15, -0.1) is 0 Å². The Morgan fingerprint density at radius 1 is 1.20 bits per heavy atom. The van der Waals surface area contributed by atoms with Crippen LogP contribution in [-0.2, 0) is 16.0 Å². The van der Waals surface area contributed by atoms with E-state index in [9.17, 15) is 14.4 Å². The van der Waals surface area contributed by atoms with Crippen molar-refractivity contribution in [2.24, 2.45) is 5.92 Å². The fourth-order valence-corrected chi connectivity index (χ4v) is 3.75. The Morgan fingerprint density at radius 3 is 2.77 bits per heavy atom. The molecular formula is C23H24N4O3. The maximum atomic E-state index is 12.7. The second-order valence-corrected chi connectivity index (χ2v) is 7.63. The van der Waals surface area contributed by atoms with Gasteiger partial charge in [-0.3, -0.25) is 14.4 Å². The number of benzene rings is 2. The minimum absolute atomic E-state index is 0.0596. The molecule has 2 aromatic carbocycles. The average Bonchev–Trinajstić information content (AvgIpc) is 3.15. The van der Waals surface area contributed by atoms with E-state index >= 15 is 0 Å². The van der Waals surface area contributed by atoms with Gasteiger partial charge in [0.1, 0.15) is 0 Å². The molecule has 1 fully saturated rings. The highest BCUT2D eigenvalue weighted by Crippen LogP contribution is 2.27. The van der Waals surface area contributed by atoms with Crippen LogP contribution < -0.4 is 15.8 Å². The average molecular weight is 404 g/mol. The second kappa shape index (κ2) is 8.49. The summed E-state index contributed by atoms with van der Waals surface area (Å²) in [6, 6.07) is 13.0. The molecule has 0 aliphatic carbocycles. The minimum Gasteiger partial charge on any atom is -0.326 e. The molecule has 0 spiro atoms. The van der Waals surface area contributed by atoms with Crippen molar-refractivity contribution in [1.82, 2.24) is 9.97 Å². The summed E-state index contributed by atoms with van der Waals surface area (Å²) >= 11 is 0. The molecule has 3 aromatic rings. The number of unbranched alkanes of at least 4 members (excludes halogenated alkanes) is 1. The van der Waals surface area contributed by atoms with Gasteiger partial charge in [0.15, 0.2) is 0 Å². The van der Waals surface area contributed by atoms with Crippen LogP contribution in [0.1, 0.15) is 31.7 Å². The molecular weight excluding hydrogens is 380 g/mol. The number of amides is 2. The fraction of sp³-hybridized carbons (Fsp3) is 0.304. The summed E-state index contributed by atoms with van der Waals surface area (Å²) in [7, 11) is 0. The van der Waals surface area contributed by atoms with Crippen LogP contribution in [-0.4, -0.2) is 28.3 Å². The van der Waals surface area contributed by atoms with Gasteiger partial charge >= 0.3 is 0 Å². The number of carbonyl (C=O) groups is 2. The number of fused-ring (bicyclic) bond motifs is 1. The highest BCUT2D eigenvalue weighted by molar-refractivity contribution is 6.04. The molecule has 2 heterocycles. The lowest BCUT2D eigenvalue weighted by Crippen LogP contribution is -2.28.